The van der Waals surface area contributed by atoms with Crippen molar-refractivity contribution in [1.82, 2.24) is 15.1 Å². The molecule has 0 radical (unpaired) electrons. The van der Waals surface area contributed by atoms with Gasteiger partial charge in [-0.25, -0.2) is 4.68 Å². The first-order valence-electron chi connectivity index (χ1n) is 7.06. The molecule has 2 aromatic rings. The van der Waals surface area contributed by atoms with Gasteiger partial charge in [0.2, 0.25) is 5.91 Å². The van der Waals surface area contributed by atoms with Crippen LogP contribution in [0.1, 0.15) is 18.5 Å². The van der Waals surface area contributed by atoms with E-state index in [0.717, 1.165) is 11.3 Å². The summed E-state index contributed by atoms with van der Waals surface area (Å²) < 4.78 is 6.33. The summed E-state index contributed by atoms with van der Waals surface area (Å²) in [6, 6.07) is 9.97. The smallest absolute Gasteiger partial charge is 0.267 e. The molecule has 1 aromatic carbocycles. The van der Waals surface area contributed by atoms with Gasteiger partial charge in [-0.15, -0.1) is 0 Å². The number of rotatable bonds is 6. The Labute approximate surface area is 128 Å². The summed E-state index contributed by atoms with van der Waals surface area (Å²) in [7, 11) is 1.62. The number of nitrogens with one attached hydrogen (secondary N) is 1. The molecular formula is C16H19N3O3. The summed E-state index contributed by atoms with van der Waals surface area (Å²) in [4.78, 5) is 23.7. The molecule has 0 aliphatic rings. The molecule has 1 unspecified atom stereocenters. The standard InChI is InChI=1S/C16H19N3O3/c1-12(19-15(20)7-4-9-18-19)16(21)17-10-8-13-5-3-6-14(11-13)22-2/h3-7,9,11-12H,8,10H2,1-2H3,(H,17,21). The van der Waals surface area contributed by atoms with Crippen LogP contribution in [0.5, 0.6) is 5.75 Å². The number of carbonyl (C=O) groups is 1. The van der Waals surface area contributed by atoms with E-state index in [0.29, 0.717) is 13.0 Å². The second-order valence-electron chi connectivity index (χ2n) is 4.87. The molecule has 0 saturated heterocycles. The van der Waals surface area contributed by atoms with Gasteiger partial charge >= 0.3 is 0 Å². The van der Waals surface area contributed by atoms with E-state index in [-0.39, 0.29) is 11.5 Å². The zero-order valence-corrected chi connectivity index (χ0v) is 12.7. The van der Waals surface area contributed by atoms with Crippen molar-refractivity contribution in [3.63, 3.8) is 0 Å². The first-order valence-corrected chi connectivity index (χ1v) is 7.06. The average molecular weight is 301 g/mol. The molecule has 1 atom stereocenters. The van der Waals surface area contributed by atoms with Crippen molar-refractivity contribution in [3.05, 3.63) is 58.5 Å². The van der Waals surface area contributed by atoms with Crippen LogP contribution in [0.2, 0.25) is 0 Å². The average Bonchev–Trinajstić information content (AvgIpc) is 2.54. The molecule has 116 valence electrons. The lowest BCUT2D eigenvalue weighted by Gasteiger charge is -2.13. The normalized spacial score (nSPS) is 11.7. The lowest BCUT2D eigenvalue weighted by atomic mass is 10.1. The van der Waals surface area contributed by atoms with Crippen molar-refractivity contribution in [1.29, 1.82) is 0 Å². The van der Waals surface area contributed by atoms with E-state index in [4.69, 9.17) is 4.74 Å². The van der Waals surface area contributed by atoms with Gasteiger partial charge in [0.15, 0.2) is 0 Å². The molecule has 0 bridgehead atoms. The maximum atomic E-state index is 12.1. The molecule has 0 saturated carbocycles. The fourth-order valence-corrected chi connectivity index (χ4v) is 2.08. The fraction of sp³-hybridized carbons (Fsp3) is 0.312. The van der Waals surface area contributed by atoms with E-state index in [9.17, 15) is 9.59 Å². The highest BCUT2D eigenvalue weighted by Gasteiger charge is 2.16. The number of ether oxygens (including phenoxy) is 1. The van der Waals surface area contributed by atoms with Gasteiger partial charge in [-0.05, 0) is 37.1 Å². The predicted molar refractivity (Wildman–Crippen MR) is 82.9 cm³/mol. The summed E-state index contributed by atoms with van der Waals surface area (Å²) in [6.07, 6.45) is 2.17. The van der Waals surface area contributed by atoms with Crippen LogP contribution in [-0.2, 0) is 11.2 Å². The van der Waals surface area contributed by atoms with Crippen LogP contribution in [0.15, 0.2) is 47.4 Å². The molecule has 22 heavy (non-hydrogen) atoms. The number of aromatic nitrogens is 2. The number of amides is 1. The van der Waals surface area contributed by atoms with Crippen molar-refractivity contribution in [2.24, 2.45) is 0 Å². The zero-order valence-electron chi connectivity index (χ0n) is 12.7. The molecule has 2 rings (SSSR count). The number of nitrogens with zero attached hydrogens (tertiary/aromatic N) is 2. The number of hydrogen-bond donors (Lipinski definition) is 1. The third-order valence-electron chi connectivity index (χ3n) is 3.34. The maximum Gasteiger partial charge on any atom is 0.267 e. The quantitative estimate of drug-likeness (QED) is 0.869. The Hall–Kier alpha value is -2.63. The molecular weight excluding hydrogens is 282 g/mol. The Morgan fingerprint density at radius 3 is 2.91 bits per heavy atom. The highest BCUT2D eigenvalue weighted by Crippen LogP contribution is 2.12. The fourth-order valence-electron chi connectivity index (χ4n) is 2.08. The summed E-state index contributed by atoms with van der Waals surface area (Å²) in [5.74, 6) is 0.556. The van der Waals surface area contributed by atoms with Gasteiger partial charge in [0, 0.05) is 18.8 Å². The van der Waals surface area contributed by atoms with Gasteiger partial charge in [-0.1, -0.05) is 12.1 Å². The predicted octanol–water partition coefficient (Wildman–Crippen LogP) is 1.17. The highest BCUT2D eigenvalue weighted by atomic mass is 16.5. The van der Waals surface area contributed by atoms with Crippen molar-refractivity contribution in [3.8, 4) is 5.75 Å². The van der Waals surface area contributed by atoms with Gasteiger partial charge in [0.25, 0.3) is 5.56 Å². The molecule has 0 spiro atoms. The van der Waals surface area contributed by atoms with Gasteiger partial charge in [0.1, 0.15) is 11.8 Å². The van der Waals surface area contributed by atoms with E-state index in [2.05, 4.69) is 10.4 Å². The lowest BCUT2D eigenvalue weighted by molar-refractivity contribution is -0.124. The van der Waals surface area contributed by atoms with Crippen molar-refractivity contribution in [2.75, 3.05) is 13.7 Å². The van der Waals surface area contributed by atoms with E-state index in [1.54, 1.807) is 20.1 Å². The van der Waals surface area contributed by atoms with Crippen LogP contribution in [0.3, 0.4) is 0 Å². The SMILES string of the molecule is COc1cccc(CCNC(=O)C(C)n2ncccc2=O)c1. The van der Waals surface area contributed by atoms with Crippen molar-refractivity contribution in [2.45, 2.75) is 19.4 Å². The zero-order chi connectivity index (χ0) is 15.9. The molecule has 6 nitrogen and oxygen atoms in total. The first-order chi connectivity index (χ1) is 10.6. The Morgan fingerprint density at radius 1 is 1.36 bits per heavy atom. The van der Waals surface area contributed by atoms with Crippen LogP contribution in [-0.4, -0.2) is 29.3 Å². The molecule has 1 aromatic heterocycles. The second-order valence-corrected chi connectivity index (χ2v) is 4.87. The number of hydrogen-bond acceptors (Lipinski definition) is 4. The largest absolute Gasteiger partial charge is 0.497 e. The summed E-state index contributed by atoms with van der Waals surface area (Å²) >= 11 is 0. The number of benzene rings is 1. The molecule has 0 aliphatic heterocycles. The van der Waals surface area contributed by atoms with Gasteiger partial charge < -0.3 is 10.1 Å². The topological polar surface area (TPSA) is 73.2 Å². The minimum Gasteiger partial charge on any atom is -0.497 e. The summed E-state index contributed by atoms with van der Waals surface area (Å²) in [5.41, 5.74) is 0.778. The Balaban J connectivity index is 1.90. The van der Waals surface area contributed by atoms with Gasteiger partial charge in [-0.2, -0.15) is 5.10 Å². The molecule has 1 amide bonds. The maximum absolute atomic E-state index is 12.1. The lowest BCUT2D eigenvalue weighted by Crippen LogP contribution is -2.37. The Bertz CT molecular complexity index is 697. The third kappa shape index (κ3) is 3.94. The van der Waals surface area contributed by atoms with Crippen LogP contribution in [0.25, 0.3) is 0 Å². The van der Waals surface area contributed by atoms with Gasteiger partial charge in [0.05, 0.1) is 7.11 Å². The summed E-state index contributed by atoms with van der Waals surface area (Å²) in [5, 5.41) is 6.73. The second kappa shape index (κ2) is 7.40. The molecule has 0 aliphatic carbocycles. The molecule has 1 heterocycles. The third-order valence-corrected chi connectivity index (χ3v) is 3.34. The highest BCUT2D eigenvalue weighted by molar-refractivity contribution is 5.79. The van der Waals surface area contributed by atoms with E-state index >= 15 is 0 Å². The van der Waals surface area contributed by atoms with E-state index in [1.165, 1.54) is 16.9 Å². The Morgan fingerprint density at radius 2 is 2.18 bits per heavy atom. The van der Waals surface area contributed by atoms with Crippen LogP contribution in [0, 0.1) is 0 Å². The first kappa shape index (κ1) is 15.8. The number of carbonyl (C=O) groups excluding carboxylic acids is 1. The minimum absolute atomic E-state index is 0.233. The van der Waals surface area contributed by atoms with E-state index in [1.807, 2.05) is 24.3 Å². The van der Waals surface area contributed by atoms with Crippen molar-refractivity contribution >= 4 is 5.91 Å². The van der Waals surface area contributed by atoms with Crippen molar-refractivity contribution < 1.29 is 9.53 Å². The van der Waals surface area contributed by atoms with Crippen LogP contribution < -0.4 is 15.6 Å². The Kier molecular flexibility index (Phi) is 5.30. The van der Waals surface area contributed by atoms with Crippen LogP contribution >= 0.6 is 0 Å². The van der Waals surface area contributed by atoms with Gasteiger partial charge in [-0.3, -0.25) is 9.59 Å². The number of methoxy groups -OCH3 is 1. The minimum atomic E-state index is -0.640. The summed E-state index contributed by atoms with van der Waals surface area (Å²) in [6.45, 7) is 2.13. The van der Waals surface area contributed by atoms with E-state index < -0.39 is 6.04 Å². The molecule has 6 heteroatoms. The van der Waals surface area contributed by atoms with Crippen LogP contribution in [0.4, 0.5) is 0 Å². The monoisotopic (exact) mass is 301 g/mol. The molecule has 0 fully saturated rings. The molecule has 1 N–H and O–H groups in total.